The minimum atomic E-state index is 0.793. The summed E-state index contributed by atoms with van der Waals surface area (Å²) in [6, 6.07) is 8.80. The molecule has 2 atom stereocenters. The second kappa shape index (κ2) is 4.71. The summed E-state index contributed by atoms with van der Waals surface area (Å²) in [5, 5.41) is 1.93. The summed E-state index contributed by atoms with van der Waals surface area (Å²) < 4.78 is 0. The van der Waals surface area contributed by atoms with Gasteiger partial charge in [-0.25, -0.2) is 0 Å². The molecule has 0 nitrogen and oxygen atoms in total. The molecule has 1 heterocycles. The molecule has 0 spiro atoms. The minimum absolute atomic E-state index is 0.793. The van der Waals surface area contributed by atoms with E-state index in [9.17, 15) is 0 Å². The van der Waals surface area contributed by atoms with E-state index < -0.39 is 0 Å². The van der Waals surface area contributed by atoms with Gasteiger partial charge in [0, 0.05) is 15.5 Å². The van der Waals surface area contributed by atoms with Crippen LogP contribution in [0.1, 0.15) is 18.9 Å². The molecule has 0 aromatic heterocycles. The maximum Gasteiger partial charge on any atom is 0.0138 e. The van der Waals surface area contributed by atoms with Gasteiger partial charge in [-0.15, -0.1) is 11.8 Å². The zero-order chi connectivity index (χ0) is 9.97. The molecule has 0 saturated heterocycles. The van der Waals surface area contributed by atoms with Crippen LogP contribution in [0.5, 0.6) is 0 Å². The fourth-order valence-corrected chi connectivity index (χ4v) is 3.67. The molecule has 0 bridgehead atoms. The van der Waals surface area contributed by atoms with Crippen molar-refractivity contribution in [3.05, 3.63) is 29.8 Å². The number of fused-ring (bicyclic) bond motifs is 1. The number of benzene rings is 1. The van der Waals surface area contributed by atoms with E-state index in [0.29, 0.717) is 0 Å². The SMILES string of the molecule is CC(CBr)CC1Cc2ccccc2S1. The highest BCUT2D eigenvalue weighted by molar-refractivity contribution is 9.09. The molecule has 1 aliphatic heterocycles. The number of hydrogen-bond donors (Lipinski definition) is 0. The van der Waals surface area contributed by atoms with Crippen LogP contribution < -0.4 is 0 Å². The molecular formula is C12H15BrS. The van der Waals surface area contributed by atoms with E-state index in [2.05, 4.69) is 58.9 Å². The van der Waals surface area contributed by atoms with Gasteiger partial charge in [0.1, 0.15) is 0 Å². The maximum atomic E-state index is 3.55. The second-order valence-corrected chi connectivity index (χ2v) is 6.04. The number of hydrogen-bond acceptors (Lipinski definition) is 1. The van der Waals surface area contributed by atoms with Gasteiger partial charge in [0.25, 0.3) is 0 Å². The van der Waals surface area contributed by atoms with Crippen molar-refractivity contribution in [2.45, 2.75) is 29.9 Å². The predicted molar refractivity (Wildman–Crippen MR) is 67.4 cm³/mol. The number of alkyl halides is 1. The Kier molecular flexibility index (Phi) is 3.56. The molecule has 1 aromatic rings. The molecular weight excluding hydrogens is 256 g/mol. The van der Waals surface area contributed by atoms with Gasteiger partial charge in [0.15, 0.2) is 0 Å². The second-order valence-electron chi connectivity index (χ2n) is 4.05. The van der Waals surface area contributed by atoms with Crippen molar-refractivity contribution in [3.8, 4) is 0 Å². The van der Waals surface area contributed by atoms with Crippen LogP contribution in [-0.2, 0) is 6.42 Å². The Bertz CT molecular complexity index is 286. The Morgan fingerprint density at radius 3 is 3.00 bits per heavy atom. The van der Waals surface area contributed by atoms with Gasteiger partial charge in [0.2, 0.25) is 0 Å². The number of thioether (sulfide) groups is 1. The van der Waals surface area contributed by atoms with Crippen LogP contribution in [0.25, 0.3) is 0 Å². The summed E-state index contributed by atoms with van der Waals surface area (Å²) in [4.78, 5) is 1.50. The lowest BCUT2D eigenvalue weighted by atomic mass is 10.0. The molecule has 0 N–H and O–H groups in total. The van der Waals surface area contributed by atoms with Crippen LogP contribution >= 0.6 is 27.7 Å². The van der Waals surface area contributed by atoms with Crippen molar-refractivity contribution in [2.24, 2.45) is 5.92 Å². The van der Waals surface area contributed by atoms with Crippen LogP contribution in [0, 0.1) is 5.92 Å². The molecule has 14 heavy (non-hydrogen) atoms. The van der Waals surface area contributed by atoms with Gasteiger partial charge in [-0.3, -0.25) is 0 Å². The van der Waals surface area contributed by atoms with Gasteiger partial charge < -0.3 is 0 Å². The Morgan fingerprint density at radius 1 is 1.50 bits per heavy atom. The molecule has 2 rings (SSSR count). The first-order valence-electron chi connectivity index (χ1n) is 5.10. The normalized spacial score (nSPS) is 22.0. The molecule has 0 fully saturated rings. The van der Waals surface area contributed by atoms with Crippen molar-refractivity contribution < 1.29 is 0 Å². The quantitative estimate of drug-likeness (QED) is 0.745. The van der Waals surface area contributed by atoms with Crippen molar-refractivity contribution in [1.29, 1.82) is 0 Å². The van der Waals surface area contributed by atoms with E-state index in [-0.39, 0.29) is 0 Å². The zero-order valence-corrected chi connectivity index (χ0v) is 10.8. The van der Waals surface area contributed by atoms with Crippen molar-refractivity contribution >= 4 is 27.7 Å². The van der Waals surface area contributed by atoms with Crippen LogP contribution in [-0.4, -0.2) is 10.6 Å². The fraction of sp³-hybridized carbons (Fsp3) is 0.500. The predicted octanol–water partition coefficient (Wildman–Crippen LogP) is 4.12. The van der Waals surface area contributed by atoms with Gasteiger partial charge >= 0.3 is 0 Å². The first kappa shape index (κ1) is 10.6. The summed E-state index contributed by atoms with van der Waals surface area (Å²) in [6.45, 7) is 2.32. The monoisotopic (exact) mass is 270 g/mol. The van der Waals surface area contributed by atoms with Crippen molar-refractivity contribution in [2.75, 3.05) is 5.33 Å². The largest absolute Gasteiger partial charge is 0.122 e. The van der Waals surface area contributed by atoms with Crippen LogP contribution in [0.2, 0.25) is 0 Å². The van der Waals surface area contributed by atoms with Gasteiger partial charge in [-0.1, -0.05) is 41.1 Å². The summed E-state index contributed by atoms with van der Waals surface area (Å²) >= 11 is 5.61. The molecule has 1 aromatic carbocycles. The number of halogens is 1. The zero-order valence-electron chi connectivity index (χ0n) is 8.37. The Balaban J connectivity index is 1.98. The Morgan fingerprint density at radius 2 is 2.29 bits per heavy atom. The average molecular weight is 271 g/mol. The van der Waals surface area contributed by atoms with Crippen LogP contribution in [0.3, 0.4) is 0 Å². The standard InChI is InChI=1S/C12H15BrS/c1-9(8-13)6-11-7-10-4-2-3-5-12(10)14-11/h2-5,9,11H,6-8H2,1H3. The third-order valence-electron chi connectivity index (χ3n) is 2.64. The summed E-state index contributed by atoms with van der Waals surface area (Å²) in [5.41, 5.74) is 1.55. The number of rotatable bonds is 3. The van der Waals surface area contributed by atoms with Crippen molar-refractivity contribution in [3.63, 3.8) is 0 Å². The minimum Gasteiger partial charge on any atom is -0.122 e. The maximum absolute atomic E-state index is 3.55. The molecule has 0 radical (unpaired) electrons. The van der Waals surface area contributed by atoms with E-state index in [1.165, 1.54) is 17.7 Å². The molecule has 1 aliphatic rings. The fourth-order valence-electron chi connectivity index (χ4n) is 1.90. The summed E-state index contributed by atoms with van der Waals surface area (Å²) in [5.74, 6) is 0.793. The van der Waals surface area contributed by atoms with E-state index in [0.717, 1.165) is 16.5 Å². The van der Waals surface area contributed by atoms with E-state index in [4.69, 9.17) is 0 Å². The summed E-state index contributed by atoms with van der Waals surface area (Å²) in [6.07, 6.45) is 2.59. The smallest absolute Gasteiger partial charge is 0.0138 e. The highest BCUT2D eigenvalue weighted by Crippen LogP contribution is 2.39. The third-order valence-corrected chi connectivity index (χ3v) is 5.09. The molecule has 0 aliphatic carbocycles. The summed E-state index contributed by atoms with van der Waals surface area (Å²) in [7, 11) is 0. The lowest BCUT2D eigenvalue weighted by molar-refractivity contribution is 0.582. The van der Waals surface area contributed by atoms with E-state index >= 15 is 0 Å². The lowest BCUT2D eigenvalue weighted by Gasteiger charge is -2.12. The first-order chi connectivity index (χ1) is 6.79. The van der Waals surface area contributed by atoms with E-state index in [1.54, 1.807) is 5.56 Å². The molecule has 2 heteroatoms. The molecule has 76 valence electrons. The van der Waals surface area contributed by atoms with Gasteiger partial charge in [-0.2, -0.15) is 0 Å². The van der Waals surface area contributed by atoms with Gasteiger partial charge in [0.05, 0.1) is 0 Å². The average Bonchev–Trinajstić information content (AvgIpc) is 2.59. The van der Waals surface area contributed by atoms with Crippen molar-refractivity contribution in [1.82, 2.24) is 0 Å². The lowest BCUT2D eigenvalue weighted by Crippen LogP contribution is -2.08. The Hall–Kier alpha value is 0.0500. The van der Waals surface area contributed by atoms with E-state index in [1.807, 2.05) is 0 Å². The van der Waals surface area contributed by atoms with Crippen LogP contribution in [0.15, 0.2) is 29.2 Å². The highest BCUT2D eigenvalue weighted by atomic mass is 79.9. The Labute approximate surface area is 98.6 Å². The van der Waals surface area contributed by atoms with Crippen LogP contribution in [0.4, 0.5) is 0 Å². The first-order valence-corrected chi connectivity index (χ1v) is 7.10. The molecule has 0 saturated carbocycles. The highest BCUT2D eigenvalue weighted by Gasteiger charge is 2.22. The topological polar surface area (TPSA) is 0 Å². The third kappa shape index (κ3) is 2.34. The van der Waals surface area contributed by atoms with Gasteiger partial charge in [-0.05, 0) is 30.4 Å². The molecule has 0 amide bonds. The molecule has 2 unspecified atom stereocenters.